The van der Waals surface area contributed by atoms with E-state index in [1.807, 2.05) is 30.3 Å². The highest BCUT2D eigenvalue weighted by Gasteiger charge is 2.51. The number of hydrogen-bond acceptors (Lipinski definition) is 3. The molecule has 13 rings (SSSR count). The molecule has 2 aliphatic rings. The van der Waals surface area contributed by atoms with Crippen LogP contribution in [0.5, 0.6) is 0 Å². The van der Waals surface area contributed by atoms with Gasteiger partial charge in [-0.3, -0.25) is 0 Å². The summed E-state index contributed by atoms with van der Waals surface area (Å²) in [6, 6.07) is 65.3. The van der Waals surface area contributed by atoms with Gasteiger partial charge in [0.1, 0.15) is 22.8 Å². The van der Waals surface area contributed by atoms with E-state index in [1.165, 1.54) is 27.8 Å². The van der Waals surface area contributed by atoms with Crippen molar-refractivity contribution in [1.29, 1.82) is 0 Å². The molecule has 0 spiro atoms. The summed E-state index contributed by atoms with van der Waals surface area (Å²) in [4.78, 5) is 4.91. The molecule has 0 radical (unpaired) electrons. The zero-order valence-corrected chi connectivity index (χ0v) is 47.4. The number of aryl methyl sites for hydroxylation is 4. The van der Waals surface area contributed by atoms with Crippen molar-refractivity contribution in [2.75, 3.05) is 9.80 Å². The van der Waals surface area contributed by atoms with E-state index in [0.717, 1.165) is 111 Å². The molecule has 1 unspecified atom stereocenters. The fourth-order valence-electron chi connectivity index (χ4n) is 13.5. The molecule has 3 nitrogen and oxygen atoms in total. The lowest BCUT2D eigenvalue weighted by molar-refractivity contribution is 0.590. The van der Waals surface area contributed by atoms with Crippen LogP contribution in [0.25, 0.3) is 49.9 Å². The summed E-state index contributed by atoms with van der Waals surface area (Å²) in [5.41, 5.74) is 20.8. The molecule has 80 heavy (non-hydrogen) atoms. The largest absolute Gasteiger partial charge is 0.455 e. The number of hydrogen-bond donors (Lipinski definition) is 0. The summed E-state index contributed by atoms with van der Waals surface area (Å²) in [7, 11) is 0. The number of halogens is 2. The maximum Gasteiger partial charge on any atom is 0.145 e. The number of para-hydroxylation sites is 1. The highest BCUT2D eigenvalue weighted by molar-refractivity contribution is 6.22. The predicted octanol–water partition coefficient (Wildman–Crippen LogP) is 20.5. The van der Waals surface area contributed by atoms with Gasteiger partial charge in [0.15, 0.2) is 0 Å². The lowest BCUT2D eigenvalue weighted by Gasteiger charge is -2.39. The van der Waals surface area contributed by atoms with Crippen molar-refractivity contribution < 1.29 is 13.2 Å². The van der Waals surface area contributed by atoms with Crippen LogP contribution in [-0.2, 0) is 22.7 Å². The molecule has 11 aromatic rings. The number of fused-ring (bicyclic) bond motifs is 12. The number of anilines is 5. The molecule has 0 saturated carbocycles. The van der Waals surface area contributed by atoms with Gasteiger partial charge in [0.25, 0.3) is 0 Å². The van der Waals surface area contributed by atoms with E-state index in [-0.39, 0.29) is 28.5 Å². The van der Waals surface area contributed by atoms with E-state index < -0.39 is 5.41 Å². The zero-order chi connectivity index (χ0) is 55.6. The van der Waals surface area contributed by atoms with E-state index >= 15 is 8.78 Å². The first-order valence-electron chi connectivity index (χ1n) is 28.1. The van der Waals surface area contributed by atoms with Crippen LogP contribution in [0.3, 0.4) is 0 Å². The Morgan fingerprint density at radius 2 is 1.00 bits per heavy atom. The Bertz CT molecular complexity index is 4200. The molecule has 0 N–H and O–H groups in total. The molecule has 1 atom stereocenters. The van der Waals surface area contributed by atoms with Crippen LogP contribution in [-0.4, -0.2) is 6.04 Å². The van der Waals surface area contributed by atoms with Crippen molar-refractivity contribution in [3.63, 3.8) is 0 Å². The van der Waals surface area contributed by atoms with Gasteiger partial charge in [0.2, 0.25) is 0 Å². The second-order valence-electron chi connectivity index (χ2n) is 24.7. The predicted molar refractivity (Wildman–Crippen MR) is 331 cm³/mol. The van der Waals surface area contributed by atoms with Gasteiger partial charge in [0, 0.05) is 33.7 Å². The van der Waals surface area contributed by atoms with Crippen LogP contribution < -0.4 is 9.80 Å². The Morgan fingerprint density at radius 1 is 0.500 bits per heavy atom. The average Bonchev–Trinajstić information content (AvgIpc) is 4.17. The van der Waals surface area contributed by atoms with E-state index in [1.54, 1.807) is 24.3 Å². The monoisotopic (exact) mass is 1050 g/mol. The molecule has 0 saturated heterocycles. The first kappa shape index (κ1) is 50.9. The molecular weight excluding hydrogens is 983 g/mol. The summed E-state index contributed by atoms with van der Waals surface area (Å²) in [5, 5.41) is 4.23. The van der Waals surface area contributed by atoms with Crippen LogP contribution >= 0.6 is 0 Å². The Hall–Kier alpha value is -8.54. The highest BCUT2D eigenvalue weighted by atomic mass is 19.1. The maximum absolute atomic E-state index is 15.7. The third kappa shape index (κ3) is 8.27. The molecule has 396 valence electrons. The fourth-order valence-corrected chi connectivity index (χ4v) is 13.5. The van der Waals surface area contributed by atoms with Crippen molar-refractivity contribution in [1.82, 2.24) is 0 Å². The van der Waals surface area contributed by atoms with Crippen LogP contribution in [0.4, 0.5) is 37.2 Å². The molecule has 1 heterocycles. The Morgan fingerprint density at radius 3 is 1.55 bits per heavy atom. The maximum atomic E-state index is 15.7. The van der Waals surface area contributed by atoms with Gasteiger partial charge < -0.3 is 14.2 Å². The molecule has 10 aromatic carbocycles. The Kier molecular flexibility index (Phi) is 12.0. The first-order chi connectivity index (χ1) is 38.4. The topological polar surface area (TPSA) is 19.6 Å². The SMILES string of the molecule is Cc1cc(C)cc(N(c2ccc(C(C)(C)C)cc2)c2cc3c(c4oc5ccccc5c24)-c2c(c4c(c5ccccc25)CC(N(c2ccc(C(C)(C)C)cc2)c2cc(C)cc(C)c2)C=C4)C3(c2ccc(F)cc2)c2ccc(F)cc2)c1. The first-order valence-corrected chi connectivity index (χ1v) is 28.1. The number of nitrogens with zero attached hydrogens (tertiary/aromatic N) is 2. The van der Waals surface area contributed by atoms with Crippen molar-refractivity contribution in [2.24, 2.45) is 0 Å². The molecule has 1 aromatic heterocycles. The smallest absolute Gasteiger partial charge is 0.145 e. The lowest BCUT2D eigenvalue weighted by atomic mass is 9.65. The second-order valence-corrected chi connectivity index (χ2v) is 24.7. The Balaban J connectivity index is 1.17. The minimum Gasteiger partial charge on any atom is -0.455 e. The van der Waals surface area contributed by atoms with Crippen LogP contribution in [0.2, 0.25) is 0 Å². The van der Waals surface area contributed by atoms with E-state index in [4.69, 9.17) is 4.42 Å². The van der Waals surface area contributed by atoms with Gasteiger partial charge in [-0.1, -0.05) is 157 Å². The Labute approximate surface area is 469 Å². The number of rotatable bonds is 8. The van der Waals surface area contributed by atoms with Gasteiger partial charge in [-0.05, 0) is 213 Å². The van der Waals surface area contributed by atoms with E-state index in [9.17, 15) is 0 Å². The van der Waals surface area contributed by atoms with E-state index in [0.29, 0.717) is 6.42 Å². The standard InChI is InChI=1S/C75H66F2N2O/c1-45-37-46(2)40-58(39-45)78(55-31-23-49(24-32-55)73(5,6)7)57-35-36-62-64(43-57)60-15-11-12-16-61(60)69-70-65(75(71(62)69,51-19-27-53(76)28-20-51)52-21-29-54(77)30-22-52)44-66(68-63-17-13-14-18-67(63)80-72(68)70)79(59-41-47(3)38-48(4)42-59)56-33-25-50(26-34-56)74(8,9)10/h11-42,44,57H,43H2,1-10H3. The van der Waals surface area contributed by atoms with Gasteiger partial charge in [-0.2, -0.15) is 0 Å². The third-order valence-electron chi connectivity index (χ3n) is 17.0. The van der Waals surface area contributed by atoms with Crippen molar-refractivity contribution in [3.05, 3.63) is 273 Å². The van der Waals surface area contributed by atoms with Crippen molar-refractivity contribution in [2.45, 2.75) is 97.9 Å². The van der Waals surface area contributed by atoms with Crippen LogP contribution in [0, 0.1) is 39.3 Å². The van der Waals surface area contributed by atoms with Gasteiger partial charge in [0.05, 0.1) is 22.5 Å². The van der Waals surface area contributed by atoms with Gasteiger partial charge in [-0.15, -0.1) is 0 Å². The molecule has 2 aliphatic carbocycles. The summed E-state index contributed by atoms with van der Waals surface area (Å²) >= 11 is 0. The summed E-state index contributed by atoms with van der Waals surface area (Å²) in [5.74, 6) is -0.667. The van der Waals surface area contributed by atoms with Crippen molar-refractivity contribution in [3.8, 4) is 11.1 Å². The lowest BCUT2D eigenvalue weighted by Crippen LogP contribution is -2.35. The zero-order valence-electron chi connectivity index (χ0n) is 47.4. The fraction of sp³-hybridized carbons (Fsp3) is 0.200. The average molecular weight is 1050 g/mol. The van der Waals surface area contributed by atoms with Gasteiger partial charge in [-0.25, -0.2) is 8.78 Å². The molecule has 0 amide bonds. The molecule has 5 heteroatoms. The molecule has 0 aliphatic heterocycles. The highest BCUT2D eigenvalue weighted by Crippen LogP contribution is 2.64. The normalized spacial score (nSPS) is 14.6. The second kappa shape index (κ2) is 18.8. The third-order valence-corrected chi connectivity index (χ3v) is 17.0. The van der Waals surface area contributed by atoms with Crippen LogP contribution in [0.1, 0.15) is 108 Å². The van der Waals surface area contributed by atoms with E-state index in [2.05, 4.69) is 225 Å². The summed E-state index contributed by atoms with van der Waals surface area (Å²) in [6.07, 6.45) is 5.43. The minimum absolute atomic E-state index is 0.00426. The molecule has 0 bridgehead atoms. The molecule has 0 fully saturated rings. The minimum atomic E-state index is -1.13. The van der Waals surface area contributed by atoms with Gasteiger partial charge >= 0.3 is 0 Å². The summed E-state index contributed by atoms with van der Waals surface area (Å²) in [6.45, 7) is 22.2. The molecular formula is C75H66F2N2O. The van der Waals surface area contributed by atoms with Crippen molar-refractivity contribution >= 4 is 67.2 Å². The quantitative estimate of drug-likeness (QED) is 0.151. The summed E-state index contributed by atoms with van der Waals surface area (Å²) < 4.78 is 38.9. The number of furan rings is 1. The van der Waals surface area contributed by atoms with Crippen LogP contribution in [0.15, 0.2) is 199 Å². The number of benzene rings is 10.